The van der Waals surface area contributed by atoms with Gasteiger partial charge in [0.05, 0.1) is 6.10 Å². The topological polar surface area (TPSA) is 18.5 Å². The fourth-order valence-electron chi connectivity index (χ4n) is 1.01. The smallest absolute Gasteiger partial charge is 0.223 e. The van der Waals surface area contributed by atoms with Gasteiger partial charge in [-0.2, -0.15) is 4.94 Å². The Morgan fingerprint density at radius 2 is 1.77 bits per heavy atom. The van der Waals surface area contributed by atoms with Crippen LogP contribution in [0.2, 0.25) is 0 Å². The second-order valence-electron chi connectivity index (χ2n) is 3.02. The Bertz CT molecular complexity index is 236. The lowest BCUT2D eigenvalue weighted by Gasteiger charge is -2.15. The van der Waals surface area contributed by atoms with Crippen LogP contribution >= 0.6 is 0 Å². The summed E-state index contributed by atoms with van der Waals surface area (Å²) in [7, 11) is 0. The lowest BCUT2D eigenvalue weighted by atomic mass is 10.2. The molecule has 0 aliphatic carbocycles. The first-order valence-corrected chi connectivity index (χ1v) is 4.22. The van der Waals surface area contributed by atoms with Crippen LogP contribution in [0.5, 0.6) is 0 Å². The van der Waals surface area contributed by atoms with Crippen LogP contribution in [0, 0.1) is 0 Å². The first-order chi connectivity index (χ1) is 6.24. The number of benzene rings is 1. The summed E-state index contributed by atoms with van der Waals surface area (Å²) in [6, 6.07) is 8.99. The molecular weight excluding hydrogens is 171 g/mol. The van der Waals surface area contributed by atoms with E-state index < -0.39 is 6.29 Å². The van der Waals surface area contributed by atoms with Crippen LogP contribution in [0.15, 0.2) is 30.3 Å². The molecule has 1 unspecified atom stereocenters. The van der Waals surface area contributed by atoms with Gasteiger partial charge in [-0.15, -0.1) is 0 Å². The minimum absolute atomic E-state index is 0.0686. The Labute approximate surface area is 77.2 Å². The largest absolute Gasteiger partial charge is 0.343 e. The minimum atomic E-state index is -0.916. The monoisotopic (exact) mass is 184 g/mol. The molecule has 0 spiro atoms. The number of ether oxygens (including phenoxy) is 1. The number of rotatable bonds is 4. The average molecular weight is 184 g/mol. The summed E-state index contributed by atoms with van der Waals surface area (Å²) < 4.78 is 17.3. The molecule has 72 valence electrons. The lowest BCUT2D eigenvalue weighted by molar-refractivity contribution is -0.289. The third-order valence-electron chi connectivity index (χ3n) is 1.55. The Hall–Kier alpha value is -0.930. The van der Waals surface area contributed by atoms with Crippen molar-refractivity contribution in [3.05, 3.63) is 35.9 Å². The minimum Gasteiger partial charge on any atom is -0.343 e. The van der Waals surface area contributed by atoms with Gasteiger partial charge in [0, 0.05) is 5.56 Å². The van der Waals surface area contributed by atoms with E-state index in [-0.39, 0.29) is 6.10 Å². The fourth-order valence-corrected chi connectivity index (χ4v) is 1.01. The van der Waals surface area contributed by atoms with Crippen LogP contribution in [0.25, 0.3) is 0 Å². The molecule has 0 fully saturated rings. The van der Waals surface area contributed by atoms with Gasteiger partial charge in [-0.05, 0) is 18.4 Å². The van der Waals surface area contributed by atoms with Gasteiger partial charge in [0.25, 0.3) is 0 Å². The van der Waals surface area contributed by atoms with Crippen molar-refractivity contribution < 1.29 is 14.2 Å². The van der Waals surface area contributed by atoms with Crippen LogP contribution in [0.1, 0.15) is 25.7 Å². The van der Waals surface area contributed by atoms with Crippen molar-refractivity contribution in [2.24, 2.45) is 0 Å². The molecule has 0 N–H and O–H groups in total. The molecule has 0 saturated carbocycles. The molecule has 0 bridgehead atoms. The maximum atomic E-state index is 12.1. The molecule has 1 aromatic carbocycles. The predicted octanol–water partition coefficient (Wildman–Crippen LogP) is 3.01. The summed E-state index contributed by atoms with van der Waals surface area (Å²) >= 11 is 0. The zero-order valence-electron chi connectivity index (χ0n) is 7.74. The first kappa shape index (κ1) is 10.2. The Morgan fingerprint density at radius 3 is 2.23 bits per heavy atom. The van der Waals surface area contributed by atoms with Crippen molar-refractivity contribution in [2.75, 3.05) is 0 Å². The Balaban J connectivity index is 2.67. The van der Waals surface area contributed by atoms with Crippen LogP contribution in [0.3, 0.4) is 0 Å². The molecule has 1 aromatic rings. The van der Waals surface area contributed by atoms with E-state index in [0.29, 0.717) is 5.56 Å². The van der Waals surface area contributed by atoms with Gasteiger partial charge in [0.15, 0.2) is 0 Å². The van der Waals surface area contributed by atoms with E-state index in [1.54, 1.807) is 12.1 Å². The highest BCUT2D eigenvalue weighted by molar-refractivity contribution is 5.15. The second kappa shape index (κ2) is 4.94. The van der Waals surface area contributed by atoms with Crippen LogP contribution in [-0.2, 0) is 9.68 Å². The van der Waals surface area contributed by atoms with Gasteiger partial charge < -0.3 is 4.74 Å². The number of hydrogen-bond donors (Lipinski definition) is 0. The third-order valence-corrected chi connectivity index (χ3v) is 1.55. The highest BCUT2D eigenvalue weighted by atomic mass is 19.3. The molecule has 0 amide bonds. The molecular formula is C10H13FO2. The Kier molecular flexibility index (Phi) is 3.86. The maximum absolute atomic E-state index is 12.1. The summed E-state index contributed by atoms with van der Waals surface area (Å²) in [6.45, 7) is 3.66. The first-order valence-electron chi connectivity index (χ1n) is 4.22. The van der Waals surface area contributed by atoms with E-state index in [4.69, 9.17) is 4.74 Å². The predicted molar refractivity (Wildman–Crippen MR) is 47.6 cm³/mol. The molecule has 0 radical (unpaired) electrons. The zero-order chi connectivity index (χ0) is 9.68. The van der Waals surface area contributed by atoms with Gasteiger partial charge in [-0.3, -0.25) is 0 Å². The van der Waals surface area contributed by atoms with E-state index in [1.807, 2.05) is 32.0 Å². The molecule has 1 atom stereocenters. The van der Waals surface area contributed by atoms with Gasteiger partial charge in [0.2, 0.25) is 6.29 Å². The summed E-state index contributed by atoms with van der Waals surface area (Å²) in [5, 5.41) is 0. The summed E-state index contributed by atoms with van der Waals surface area (Å²) in [5.74, 6) is 0. The van der Waals surface area contributed by atoms with E-state index in [0.717, 1.165) is 0 Å². The second-order valence-corrected chi connectivity index (χ2v) is 3.02. The van der Waals surface area contributed by atoms with E-state index in [2.05, 4.69) is 4.94 Å². The van der Waals surface area contributed by atoms with Crippen LogP contribution in [-0.4, -0.2) is 6.10 Å². The molecule has 0 aliphatic rings. The molecule has 1 rings (SSSR count). The van der Waals surface area contributed by atoms with Crippen LogP contribution in [0.4, 0.5) is 4.53 Å². The third kappa shape index (κ3) is 3.13. The SMILES string of the molecule is CC(C)OC(OF)c1ccccc1. The Morgan fingerprint density at radius 1 is 1.15 bits per heavy atom. The molecule has 0 saturated heterocycles. The van der Waals surface area contributed by atoms with Crippen molar-refractivity contribution in [3.8, 4) is 0 Å². The lowest BCUT2D eigenvalue weighted by Crippen LogP contribution is -2.10. The number of halogens is 1. The van der Waals surface area contributed by atoms with Crippen LogP contribution < -0.4 is 0 Å². The molecule has 0 aromatic heterocycles. The normalized spacial score (nSPS) is 13.2. The van der Waals surface area contributed by atoms with E-state index in [1.165, 1.54) is 0 Å². The molecule has 2 nitrogen and oxygen atoms in total. The maximum Gasteiger partial charge on any atom is 0.223 e. The van der Waals surface area contributed by atoms with E-state index >= 15 is 0 Å². The van der Waals surface area contributed by atoms with Crippen molar-refractivity contribution in [2.45, 2.75) is 26.2 Å². The molecule has 13 heavy (non-hydrogen) atoms. The average Bonchev–Trinajstić information content (AvgIpc) is 2.15. The van der Waals surface area contributed by atoms with Crippen molar-refractivity contribution in [1.29, 1.82) is 0 Å². The van der Waals surface area contributed by atoms with Crippen molar-refractivity contribution in [3.63, 3.8) is 0 Å². The van der Waals surface area contributed by atoms with Crippen molar-refractivity contribution >= 4 is 0 Å². The standard InChI is InChI=1S/C10H13FO2/c1-8(2)12-10(13-11)9-6-4-3-5-7-9/h3-8,10H,1-2H3. The highest BCUT2D eigenvalue weighted by Gasteiger charge is 2.14. The van der Waals surface area contributed by atoms with E-state index in [9.17, 15) is 4.53 Å². The summed E-state index contributed by atoms with van der Waals surface area (Å²) in [6.07, 6.45) is -0.984. The van der Waals surface area contributed by atoms with Gasteiger partial charge in [-0.25, -0.2) is 0 Å². The highest BCUT2D eigenvalue weighted by Crippen LogP contribution is 2.20. The summed E-state index contributed by atoms with van der Waals surface area (Å²) in [5.41, 5.74) is 0.679. The van der Waals surface area contributed by atoms with Crippen molar-refractivity contribution in [1.82, 2.24) is 0 Å². The molecule has 3 heteroatoms. The van der Waals surface area contributed by atoms with Gasteiger partial charge in [0.1, 0.15) is 0 Å². The van der Waals surface area contributed by atoms with Gasteiger partial charge >= 0.3 is 0 Å². The molecule has 0 aliphatic heterocycles. The number of hydrogen-bond acceptors (Lipinski definition) is 2. The fraction of sp³-hybridized carbons (Fsp3) is 0.400. The molecule has 0 heterocycles. The quantitative estimate of drug-likeness (QED) is 0.669. The zero-order valence-corrected chi connectivity index (χ0v) is 7.74. The van der Waals surface area contributed by atoms with Gasteiger partial charge in [-0.1, -0.05) is 30.3 Å². The summed E-state index contributed by atoms with van der Waals surface area (Å²) in [4.78, 5) is 3.72.